The molecule has 2 atom stereocenters. The molecule has 2 amide bonds. The van der Waals surface area contributed by atoms with Crippen molar-refractivity contribution in [3.8, 4) is 11.5 Å². The van der Waals surface area contributed by atoms with Crippen LogP contribution in [0.4, 0.5) is 4.79 Å². The molecule has 0 aromatic heterocycles. The van der Waals surface area contributed by atoms with Gasteiger partial charge in [0.15, 0.2) is 0 Å². The fourth-order valence-electron chi connectivity index (χ4n) is 2.73. The van der Waals surface area contributed by atoms with Crippen LogP contribution in [0.1, 0.15) is 37.8 Å². The summed E-state index contributed by atoms with van der Waals surface area (Å²) in [5, 5.41) is 24.5. The Hall–Kier alpha value is -2.69. The number of benzene rings is 2. The van der Waals surface area contributed by atoms with Crippen molar-refractivity contribution in [3.63, 3.8) is 0 Å². The molecule has 0 heterocycles. The van der Waals surface area contributed by atoms with Gasteiger partial charge in [-0.3, -0.25) is 0 Å². The first-order chi connectivity index (χ1) is 12.4. The van der Waals surface area contributed by atoms with Crippen LogP contribution in [0.15, 0.2) is 48.5 Å². The minimum atomic E-state index is -0.151. The van der Waals surface area contributed by atoms with Gasteiger partial charge in [0, 0.05) is 12.1 Å². The van der Waals surface area contributed by atoms with E-state index in [4.69, 9.17) is 0 Å². The van der Waals surface area contributed by atoms with Gasteiger partial charge in [0.1, 0.15) is 11.5 Å². The van der Waals surface area contributed by atoms with Crippen LogP contribution in [-0.4, -0.2) is 28.3 Å². The normalized spacial score (nSPS) is 13.0. The highest BCUT2D eigenvalue weighted by Crippen LogP contribution is 2.13. The maximum Gasteiger partial charge on any atom is 0.315 e. The number of amides is 2. The van der Waals surface area contributed by atoms with Crippen LogP contribution in [-0.2, 0) is 12.8 Å². The second kappa shape index (κ2) is 9.70. The predicted octanol–water partition coefficient (Wildman–Crippen LogP) is 3.74. The van der Waals surface area contributed by atoms with Crippen LogP contribution >= 0.6 is 0 Å². The lowest BCUT2D eigenvalue weighted by Gasteiger charge is -2.18. The first-order valence-corrected chi connectivity index (χ1v) is 9.05. The molecule has 4 N–H and O–H groups in total. The molecule has 140 valence electrons. The highest BCUT2D eigenvalue weighted by molar-refractivity contribution is 5.74. The van der Waals surface area contributed by atoms with Gasteiger partial charge in [0.2, 0.25) is 0 Å². The molecule has 0 saturated carbocycles. The minimum absolute atomic E-state index is 0.0631. The number of phenolic OH excluding ortho intramolecular Hbond substituents is 2. The molecule has 2 aromatic rings. The average Bonchev–Trinajstić information content (AvgIpc) is 2.60. The molecule has 0 fully saturated rings. The van der Waals surface area contributed by atoms with E-state index in [0.29, 0.717) is 0 Å². The summed E-state index contributed by atoms with van der Waals surface area (Å²) in [6.07, 6.45) is 3.36. The summed E-state index contributed by atoms with van der Waals surface area (Å²) in [5.41, 5.74) is 2.28. The molecule has 0 spiro atoms. The van der Waals surface area contributed by atoms with Gasteiger partial charge in [-0.1, -0.05) is 24.3 Å². The van der Waals surface area contributed by atoms with Crippen molar-refractivity contribution in [3.05, 3.63) is 59.7 Å². The van der Waals surface area contributed by atoms with Gasteiger partial charge in [-0.05, 0) is 74.9 Å². The maximum atomic E-state index is 12.1. The first kappa shape index (κ1) is 19.6. The zero-order valence-electron chi connectivity index (χ0n) is 15.4. The Bertz CT molecular complexity index is 624. The number of rotatable bonds is 8. The molecule has 0 aliphatic carbocycles. The third-order valence-corrected chi connectivity index (χ3v) is 4.36. The van der Waals surface area contributed by atoms with E-state index in [2.05, 4.69) is 10.6 Å². The van der Waals surface area contributed by atoms with E-state index in [-0.39, 0.29) is 29.6 Å². The third kappa shape index (κ3) is 7.05. The van der Waals surface area contributed by atoms with E-state index in [1.807, 2.05) is 38.1 Å². The molecule has 0 aliphatic rings. The van der Waals surface area contributed by atoms with Gasteiger partial charge in [-0.25, -0.2) is 4.79 Å². The summed E-state index contributed by atoms with van der Waals surface area (Å²) in [5.74, 6) is 0.529. The number of urea groups is 1. The lowest BCUT2D eigenvalue weighted by atomic mass is 10.1. The van der Waals surface area contributed by atoms with Crippen LogP contribution in [0.3, 0.4) is 0 Å². The summed E-state index contributed by atoms with van der Waals surface area (Å²) in [6, 6.07) is 14.3. The molecular weight excluding hydrogens is 328 g/mol. The monoisotopic (exact) mass is 356 g/mol. The van der Waals surface area contributed by atoms with E-state index < -0.39 is 0 Å². The van der Waals surface area contributed by atoms with Gasteiger partial charge in [-0.15, -0.1) is 0 Å². The lowest BCUT2D eigenvalue weighted by Crippen LogP contribution is -2.44. The summed E-state index contributed by atoms with van der Waals surface area (Å²) in [7, 11) is 0. The smallest absolute Gasteiger partial charge is 0.315 e. The van der Waals surface area contributed by atoms with Crippen LogP contribution in [0, 0.1) is 0 Å². The number of aryl methyl sites for hydroxylation is 2. The quantitative estimate of drug-likeness (QED) is 0.581. The second-order valence-corrected chi connectivity index (χ2v) is 6.83. The molecule has 2 aromatic carbocycles. The van der Waals surface area contributed by atoms with Gasteiger partial charge in [-0.2, -0.15) is 0 Å². The van der Waals surface area contributed by atoms with Crippen LogP contribution < -0.4 is 10.6 Å². The molecule has 0 bridgehead atoms. The summed E-state index contributed by atoms with van der Waals surface area (Å²) < 4.78 is 0. The molecule has 26 heavy (non-hydrogen) atoms. The largest absolute Gasteiger partial charge is 0.508 e. The highest BCUT2D eigenvalue weighted by Gasteiger charge is 2.10. The van der Waals surface area contributed by atoms with Gasteiger partial charge in [0.05, 0.1) is 0 Å². The van der Waals surface area contributed by atoms with Crippen molar-refractivity contribution >= 4 is 6.03 Å². The topological polar surface area (TPSA) is 81.6 Å². The minimum Gasteiger partial charge on any atom is -0.508 e. The Morgan fingerprint density at radius 2 is 1.12 bits per heavy atom. The van der Waals surface area contributed by atoms with E-state index in [0.717, 1.165) is 36.8 Å². The van der Waals surface area contributed by atoms with Crippen LogP contribution in [0.25, 0.3) is 0 Å². The Kier molecular flexibility index (Phi) is 7.33. The summed E-state index contributed by atoms with van der Waals surface area (Å²) >= 11 is 0. The van der Waals surface area contributed by atoms with Gasteiger partial charge < -0.3 is 20.8 Å². The molecule has 2 unspecified atom stereocenters. The molecule has 5 heteroatoms. The molecular formula is C21H28N2O3. The number of carbonyl (C=O) groups excluding carboxylic acids is 1. The number of aromatic hydroxyl groups is 2. The fourth-order valence-corrected chi connectivity index (χ4v) is 2.73. The number of phenols is 2. The molecule has 0 radical (unpaired) electrons. The van der Waals surface area contributed by atoms with Crippen molar-refractivity contribution in [2.24, 2.45) is 0 Å². The molecule has 0 aliphatic heterocycles. The fraction of sp³-hybridized carbons (Fsp3) is 0.381. The Morgan fingerprint density at radius 1 is 0.769 bits per heavy atom. The standard InChI is InChI=1S/C21H28N2O3/c1-15(3-5-17-7-11-19(24)12-8-17)22-21(26)23-16(2)4-6-18-9-13-20(25)14-10-18/h7-16,24-25H,3-6H2,1-2H3,(H2,22,23,26). The van der Waals surface area contributed by atoms with Crippen molar-refractivity contribution in [1.29, 1.82) is 0 Å². The van der Waals surface area contributed by atoms with E-state index in [1.54, 1.807) is 24.3 Å². The first-order valence-electron chi connectivity index (χ1n) is 9.05. The number of nitrogens with one attached hydrogen (secondary N) is 2. The maximum absolute atomic E-state index is 12.1. The zero-order chi connectivity index (χ0) is 18.9. The Balaban J connectivity index is 1.66. The number of hydrogen-bond acceptors (Lipinski definition) is 3. The zero-order valence-corrected chi connectivity index (χ0v) is 15.4. The molecule has 0 saturated heterocycles. The lowest BCUT2D eigenvalue weighted by molar-refractivity contribution is 0.233. The van der Waals surface area contributed by atoms with E-state index in [1.165, 1.54) is 0 Å². The van der Waals surface area contributed by atoms with Crippen molar-refractivity contribution in [2.45, 2.75) is 51.6 Å². The van der Waals surface area contributed by atoms with Crippen molar-refractivity contribution in [2.75, 3.05) is 0 Å². The number of hydrogen-bond donors (Lipinski definition) is 4. The highest BCUT2D eigenvalue weighted by atomic mass is 16.3. The average molecular weight is 356 g/mol. The predicted molar refractivity (Wildman–Crippen MR) is 103 cm³/mol. The van der Waals surface area contributed by atoms with E-state index in [9.17, 15) is 15.0 Å². The van der Waals surface area contributed by atoms with Crippen LogP contribution in [0.5, 0.6) is 11.5 Å². The van der Waals surface area contributed by atoms with E-state index >= 15 is 0 Å². The summed E-state index contributed by atoms with van der Waals surface area (Å²) in [4.78, 5) is 12.1. The second-order valence-electron chi connectivity index (χ2n) is 6.83. The SMILES string of the molecule is CC(CCc1ccc(O)cc1)NC(=O)NC(C)CCc1ccc(O)cc1. The molecule has 5 nitrogen and oxygen atoms in total. The number of carbonyl (C=O) groups is 1. The molecule has 2 rings (SSSR count). The Morgan fingerprint density at radius 3 is 1.46 bits per heavy atom. The van der Waals surface area contributed by atoms with Crippen molar-refractivity contribution < 1.29 is 15.0 Å². The van der Waals surface area contributed by atoms with Gasteiger partial charge in [0.25, 0.3) is 0 Å². The van der Waals surface area contributed by atoms with Gasteiger partial charge >= 0.3 is 6.03 Å². The Labute approximate surface area is 155 Å². The third-order valence-electron chi connectivity index (χ3n) is 4.36. The van der Waals surface area contributed by atoms with Crippen LogP contribution in [0.2, 0.25) is 0 Å². The van der Waals surface area contributed by atoms with Crippen molar-refractivity contribution in [1.82, 2.24) is 10.6 Å². The summed E-state index contributed by atoms with van der Waals surface area (Å²) in [6.45, 7) is 3.97.